The zero-order valence-electron chi connectivity index (χ0n) is 30.3. The maximum absolute atomic E-state index is 13.4. The molecule has 5 amide bonds. The number of aromatic nitrogens is 2. The third-order valence-corrected chi connectivity index (χ3v) is 10.9. The van der Waals surface area contributed by atoms with E-state index in [0.29, 0.717) is 35.8 Å². The average Bonchev–Trinajstić information content (AvgIpc) is 3.61. The fourth-order valence-electron chi connectivity index (χ4n) is 8.03. The highest BCUT2D eigenvalue weighted by Crippen LogP contribution is 2.37. The minimum Gasteiger partial charge on any atom is -0.457 e. The van der Waals surface area contributed by atoms with E-state index < -0.39 is 35.6 Å². The Kier molecular flexibility index (Phi) is 8.72. The number of benzene rings is 4. The van der Waals surface area contributed by atoms with Crippen LogP contribution in [0.3, 0.4) is 0 Å². The van der Waals surface area contributed by atoms with Gasteiger partial charge in [0.2, 0.25) is 11.8 Å². The highest BCUT2D eigenvalue weighted by Gasteiger charge is 2.45. The first-order valence-corrected chi connectivity index (χ1v) is 18.7. The third-order valence-electron chi connectivity index (χ3n) is 10.9. The van der Waals surface area contributed by atoms with Crippen LogP contribution in [0.2, 0.25) is 0 Å². The SMILES string of the molecule is NC(=O)c1c(-c2ccc(Oc3ccccc3)cc2)nn2c1Nc1ccc(NC3CCN(c4ccc5c(c4)C(=O)N(C4CCC(=O)NC4=O)C5=O)CC3)cc1CC2. The highest BCUT2D eigenvalue weighted by atomic mass is 16.5. The smallest absolute Gasteiger partial charge is 0.262 e. The van der Waals surface area contributed by atoms with Gasteiger partial charge in [0.15, 0.2) is 0 Å². The Hall–Kier alpha value is -6.96. The van der Waals surface area contributed by atoms with Crippen LogP contribution in [-0.4, -0.2) is 69.4 Å². The zero-order chi connectivity index (χ0) is 38.5. The van der Waals surface area contributed by atoms with Crippen LogP contribution in [-0.2, 0) is 22.6 Å². The molecule has 4 aromatic carbocycles. The van der Waals surface area contributed by atoms with Gasteiger partial charge in [0.05, 0.1) is 11.1 Å². The van der Waals surface area contributed by atoms with Crippen LogP contribution in [0.5, 0.6) is 11.5 Å². The number of imide groups is 2. The van der Waals surface area contributed by atoms with E-state index in [9.17, 15) is 24.0 Å². The van der Waals surface area contributed by atoms with Crippen molar-refractivity contribution in [3.63, 3.8) is 0 Å². The summed E-state index contributed by atoms with van der Waals surface area (Å²) in [6.45, 7) is 2.03. The minimum atomic E-state index is -0.993. The quantitative estimate of drug-likeness (QED) is 0.154. The molecule has 282 valence electrons. The molecule has 5 heterocycles. The summed E-state index contributed by atoms with van der Waals surface area (Å²) in [7, 11) is 0. The van der Waals surface area contributed by atoms with E-state index in [1.807, 2.05) is 77.5 Å². The molecule has 4 aliphatic heterocycles. The van der Waals surface area contributed by atoms with Crippen molar-refractivity contribution >= 4 is 52.4 Å². The van der Waals surface area contributed by atoms with Gasteiger partial charge in [-0.25, -0.2) is 4.68 Å². The number of hydrogen-bond acceptors (Lipinski definition) is 10. The van der Waals surface area contributed by atoms with Gasteiger partial charge in [-0.15, -0.1) is 0 Å². The summed E-state index contributed by atoms with van der Waals surface area (Å²) in [6, 6.07) is 27.6. The lowest BCUT2D eigenvalue weighted by Gasteiger charge is -2.34. The number of rotatable bonds is 8. The molecule has 56 heavy (non-hydrogen) atoms. The number of primary amides is 1. The van der Waals surface area contributed by atoms with Crippen molar-refractivity contribution in [3.05, 3.63) is 113 Å². The number of ether oxygens (including phenoxy) is 1. The van der Waals surface area contributed by atoms with Crippen molar-refractivity contribution in [2.45, 2.75) is 50.7 Å². The number of nitrogens with two attached hydrogens (primary N) is 1. The first kappa shape index (κ1) is 34.8. The van der Waals surface area contributed by atoms with E-state index >= 15 is 0 Å². The molecule has 14 heteroatoms. The number of anilines is 4. The Labute approximate surface area is 321 Å². The molecule has 9 rings (SSSR count). The monoisotopic (exact) mass is 750 g/mol. The maximum atomic E-state index is 13.4. The van der Waals surface area contributed by atoms with Gasteiger partial charge in [0.1, 0.15) is 34.6 Å². The van der Waals surface area contributed by atoms with Gasteiger partial charge in [-0.2, -0.15) is 5.10 Å². The van der Waals surface area contributed by atoms with Crippen LogP contribution in [0, 0.1) is 0 Å². The molecule has 1 atom stereocenters. The molecule has 2 saturated heterocycles. The molecule has 0 saturated carbocycles. The number of nitrogens with one attached hydrogen (secondary N) is 3. The highest BCUT2D eigenvalue weighted by molar-refractivity contribution is 6.23. The standard InChI is InChI=1S/C42H38N8O6/c43-38(52)36-37(24-6-10-30(11-7-24)56-29-4-2-1-3-5-29)47-49-21-16-25-22-27(8-13-33(25)45-39(36)49)44-26-17-19-48(20-18-26)28-9-12-31-32(23-28)42(55)50(41(31)54)34-14-15-35(51)46-40(34)53/h1-13,22-23,26,34,44-45H,14-21H2,(H2,43,52)(H,46,51,53). The summed E-state index contributed by atoms with van der Waals surface area (Å²) in [5.74, 6) is -0.656. The van der Waals surface area contributed by atoms with Gasteiger partial charge < -0.3 is 26.0 Å². The predicted octanol–water partition coefficient (Wildman–Crippen LogP) is 5.22. The van der Waals surface area contributed by atoms with Crippen LogP contribution in [0.15, 0.2) is 91.0 Å². The summed E-state index contributed by atoms with van der Waals surface area (Å²) in [5.41, 5.74) is 11.9. The first-order valence-electron chi connectivity index (χ1n) is 18.7. The van der Waals surface area contributed by atoms with Gasteiger partial charge in [0, 0.05) is 54.7 Å². The number of carbonyl (C=O) groups is 5. The summed E-state index contributed by atoms with van der Waals surface area (Å²) < 4.78 is 7.74. The van der Waals surface area contributed by atoms with Gasteiger partial charge in [-0.05, 0) is 104 Å². The second kappa shape index (κ2) is 14.0. The lowest BCUT2D eigenvalue weighted by Crippen LogP contribution is -2.54. The van der Waals surface area contributed by atoms with Gasteiger partial charge in [-0.1, -0.05) is 18.2 Å². The topological polar surface area (TPSA) is 181 Å². The van der Waals surface area contributed by atoms with E-state index in [4.69, 9.17) is 15.6 Å². The normalized spacial score (nSPS) is 18.0. The lowest BCUT2D eigenvalue weighted by molar-refractivity contribution is -0.136. The van der Waals surface area contributed by atoms with Crippen molar-refractivity contribution in [1.29, 1.82) is 0 Å². The van der Waals surface area contributed by atoms with Crippen LogP contribution in [0.1, 0.15) is 62.3 Å². The fraction of sp³-hybridized carbons (Fsp3) is 0.238. The Balaban J connectivity index is 0.845. The van der Waals surface area contributed by atoms with Crippen molar-refractivity contribution in [2.75, 3.05) is 28.6 Å². The van der Waals surface area contributed by atoms with Gasteiger partial charge >= 0.3 is 0 Å². The van der Waals surface area contributed by atoms with E-state index in [2.05, 4.69) is 26.9 Å². The van der Waals surface area contributed by atoms with Crippen LogP contribution >= 0.6 is 0 Å². The van der Waals surface area contributed by atoms with E-state index in [1.54, 1.807) is 12.1 Å². The number of fused-ring (bicyclic) bond motifs is 3. The van der Waals surface area contributed by atoms with Crippen LogP contribution in [0.25, 0.3) is 11.3 Å². The average molecular weight is 751 g/mol. The van der Waals surface area contributed by atoms with Crippen molar-refractivity contribution in [2.24, 2.45) is 5.73 Å². The van der Waals surface area contributed by atoms with Gasteiger partial charge in [-0.3, -0.25) is 34.2 Å². The van der Waals surface area contributed by atoms with E-state index in [0.717, 1.165) is 64.8 Å². The van der Waals surface area contributed by atoms with Crippen molar-refractivity contribution in [1.82, 2.24) is 20.0 Å². The molecule has 0 spiro atoms. The molecule has 0 bridgehead atoms. The number of carbonyl (C=O) groups excluding carboxylic acids is 5. The number of hydrogen-bond donors (Lipinski definition) is 4. The molecule has 1 aromatic heterocycles. The Morgan fingerprint density at radius 1 is 0.786 bits per heavy atom. The summed E-state index contributed by atoms with van der Waals surface area (Å²) >= 11 is 0. The Morgan fingerprint density at radius 3 is 2.29 bits per heavy atom. The molecule has 5 N–H and O–H groups in total. The molecule has 0 aliphatic carbocycles. The van der Waals surface area contributed by atoms with Gasteiger partial charge in [0.25, 0.3) is 17.7 Å². The number of aryl methyl sites for hydroxylation is 2. The second-order valence-corrected chi connectivity index (χ2v) is 14.4. The van der Waals surface area contributed by atoms with E-state index in [1.165, 1.54) is 0 Å². The summed E-state index contributed by atoms with van der Waals surface area (Å²) in [6.07, 6.45) is 2.58. The van der Waals surface area contributed by atoms with Crippen LogP contribution < -0.4 is 31.3 Å². The molecule has 4 aliphatic rings. The maximum Gasteiger partial charge on any atom is 0.262 e. The molecule has 0 radical (unpaired) electrons. The third kappa shape index (κ3) is 6.38. The predicted molar refractivity (Wildman–Crippen MR) is 208 cm³/mol. The van der Waals surface area contributed by atoms with E-state index in [-0.39, 0.29) is 30.0 Å². The molecular formula is C42H38N8O6. The number of piperidine rings is 2. The Morgan fingerprint density at radius 2 is 1.54 bits per heavy atom. The minimum absolute atomic E-state index is 0.0778. The fourth-order valence-corrected chi connectivity index (χ4v) is 8.03. The number of nitrogens with zero attached hydrogens (tertiary/aromatic N) is 4. The summed E-state index contributed by atoms with van der Waals surface area (Å²) in [5, 5.41) is 14.2. The number of amides is 5. The molecule has 2 fully saturated rings. The molecule has 1 unspecified atom stereocenters. The van der Waals surface area contributed by atoms with Crippen molar-refractivity contribution < 1.29 is 28.7 Å². The molecule has 5 aromatic rings. The summed E-state index contributed by atoms with van der Waals surface area (Å²) in [4.78, 5) is 66.6. The molecular weight excluding hydrogens is 713 g/mol. The Bertz CT molecular complexity index is 2420. The largest absolute Gasteiger partial charge is 0.457 e. The zero-order valence-corrected chi connectivity index (χ0v) is 30.3. The lowest BCUT2D eigenvalue weighted by atomic mass is 10.0. The molecule has 14 nitrogen and oxygen atoms in total. The van der Waals surface area contributed by atoms with Crippen molar-refractivity contribution in [3.8, 4) is 22.8 Å². The van der Waals surface area contributed by atoms with Crippen LogP contribution in [0.4, 0.5) is 22.9 Å². The second-order valence-electron chi connectivity index (χ2n) is 14.4. The number of para-hydroxylation sites is 1. The first-order chi connectivity index (χ1) is 27.2.